The van der Waals surface area contributed by atoms with Crippen LogP contribution < -0.4 is 5.32 Å². The molecule has 2 aromatic carbocycles. The maximum absolute atomic E-state index is 11.8. The van der Waals surface area contributed by atoms with E-state index in [4.69, 9.17) is 4.74 Å². The molecule has 0 saturated heterocycles. The lowest BCUT2D eigenvalue weighted by Gasteiger charge is -2.21. The number of hydrogen-bond donors (Lipinski definition) is 1. The molecule has 0 spiro atoms. The van der Waals surface area contributed by atoms with Crippen LogP contribution in [0.1, 0.15) is 39.3 Å². The largest absolute Gasteiger partial charge is 0.459 e. The number of rotatable bonds is 4. The third-order valence-corrected chi connectivity index (χ3v) is 3.26. The Morgan fingerprint density at radius 3 is 2.52 bits per heavy atom. The van der Waals surface area contributed by atoms with Gasteiger partial charge in [-0.15, -0.1) is 0 Å². The van der Waals surface area contributed by atoms with Crippen LogP contribution in [0.25, 0.3) is 10.8 Å². The van der Waals surface area contributed by atoms with Gasteiger partial charge in [-0.2, -0.15) is 0 Å². The fraction of sp³-hybridized carbons (Fsp3) is 0.389. The summed E-state index contributed by atoms with van der Waals surface area (Å²) in [5.74, 6) is -0.227. The van der Waals surface area contributed by atoms with Crippen molar-refractivity contribution in [1.29, 1.82) is 0 Å². The van der Waals surface area contributed by atoms with Crippen LogP contribution in [0.4, 0.5) is 0 Å². The number of fused-ring (bicyclic) bond motifs is 1. The molecule has 21 heavy (non-hydrogen) atoms. The number of ether oxygens (including phenoxy) is 1. The minimum absolute atomic E-state index is 0.0867. The Morgan fingerprint density at radius 1 is 1.14 bits per heavy atom. The molecule has 0 heterocycles. The lowest BCUT2D eigenvalue weighted by atomic mass is 10.00. The molecule has 1 atom stereocenters. The highest BCUT2D eigenvalue weighted by atomic mass is 16.6. The highest BCUT2D eigenvalue weighted by molar-refractivity contribution is 5.86. The Hall–Kier alpha value is -1.87. The molecule has 0 radical (unpaired) electrons. The van der Waals surface area contributed by atoms with E-state index in [2.05, 4.69) is 36.5 Å². The number of benzene rings is 2. The summed E-state index contributed by atoms with van der Waals surface area (Å²) >= 11 is 0. The van der Waals surface area contributed by atoms with Gasteiger partial charge in [0, 0.05) is 6.04 Å². The highest BCUT2D eigenvalue weighted by Gasteiger charge is 2.17. The second-order valence-corrected chi connectivity index (χ2v) is 6.26. The molecule has 1 N–H and O–H groups in total. The average Bonchev–Trinajstić information content (AvgIpc) is 2.42. The summed E-state index contributed by atoms with van der Waals surface area (Å²) in [6.07, 6.45) is 0. The van der Waals surface area contributed by atoms with Gasteiger partial charge in [0.2, 0.25) is 0 Å². The van der Waals surface area contributed by atoms with Crippen molar-refractivity contribution in [2.45, 2.75) is 39.3 Å². The molecule has 0 aliphatic rings. The molecule has 0 saturated carbocycles. The van der Waals surface area contributed by atoms with Crippen molar-refractivity contribution >= 4 is 16.7 Å². The van der Waals surface area contributed by atoms with Gasteiger partial charge in [0.15, 0.2) is 0 Å². The Labute approximate surface area is 126 Å². The molecule has 2 aromatic rings. The lowest BCUT2D eigenvalue weighted by Crippen LogP contribution is -2.32. The molecule has 0 fully saturated rings. The van der Waals surface area contributed by atoms with E-state index in [0.29, 0.717) is 0 Å². The zero-order valence-corrected chi connectivity index (χ0v) is 13.1. The molecular weight excluding hydrogens is 262 g/mol. The third kappa shape index (κ3) is 4.30. The maximum Gasteiger partial charge on any atom is 0.320 e. The predicted octanol–water partition coefficient (Wildman–Crippen LogP) is 3.83. The number of nitrogens with one attached hydrogen (secondary N) is 1. The fourth-order valence-corrected chi connectivity index (χ4v) is 2.35. The number of hydrogen-bond acceptors (Lipinski definition) is 3. The normalized spacial score (nSPS) is 13.1. The molecule has 2 rings (SSSR count). The summed E-state index contributed by atoms with van der Waals surface area (Å²) in [5.41, 5.74) is 0.748. The Kier molecular flexibility index (Phi) is 4.63. The van der Waals surface area contributed by atoms with E-state index in [9.17, 15) is 4.79 Å². The van der Waals surface area contributed by atoms with Gasteiger partial charge in [-0.25, -0.2) is 0 Å². The van der Waals surface area contributed by atoms with Gasteiger partial charge in [-0.1, -0.05) is 42.5 Å². The molecule has 1 unspecified atom stereocenters. The van der Waals surface area contributed by atoms with Crippen molar-refractivity contribution in [2.24, 2.45) is 0 Å². The number of carbonyl (C=O) groups excluding carboxylic acids is 1. The van der Waals surface area contributed by atoms with Crippen molar-refractivity contribution in [3.8, 4) is 0 Å². The molecule has 112 valence electrons. The number of carbonyl (C=O) groups is 1. The van der Waals surface area contributed by atoms with Crippen LogP contribution in [-0.4, -0.2) is 18.1 Å². The van der Waals surface area contributed by atoms with Crippen LogP contribution in [0.5, 0.6) is 0 Å². The highest BCUT2D eigenvalue weighted by Crippen LogP contribution is 2.23. The first-order valence-corrected chi connectivity index (χ1v) is 7.30. The summed E-state index contributed by atoms with van der Waals surface area (Å²) in [6, 6.07) is 14.6. The van der Waals surface area contributed by atoms with Gasteiger partial charge < -0.3 is 10.1 Å². The van der Waals surface area contributed by atoms with Crippen LogP contribution in [0.3, 0.4) is 0 Å². The fourth-order valence-electron chi connectivity index (χ4n) is 2.35. The smallest absolute Gasteiger partial charge is 0.320 e. The predicted molar refractivity (Wildman–Crippen MR) is 86.2 cm³/mol. The van der Waals surface area contributed by atoms with Gasteiger partial charge >= 0.3 is 5.97 Å². The quantitative estimate of drug-likeness (QED) is 0.868. The topological polar surface area (TPSA) is 38.3 Å². The van der Waals surface area contributed by atoms with Gasteiger partial charge in [-0.05, 0) is 44.0 Å². The van der Waals surface area contributed by atoms with Crippen molar-refractivity contribution in [3.63, 3.8) is 0 Å². The van der Waals surface area contributed by atoms with E-state index in [1.54, 1.807) is 0 Å². The Morgan fingerprint density at radius 2 is 1.81 bits per heavy atom. The maximum atomic E-state index is 11.8. The monoisotopic (exact) mass is 285 g/mol. The first-order chi connectivity index (χ1) is 9.87. The SMILES string of the molecule is CC(NCC(=O)OC(C)(C)C)c1cccc2ccccc12. The lowest BCUT2D eigenvalue weighted by molar-refractivity contribution is -0.153. The van der Waals surface area contributed by atoms with Gasteiger partial charge in [0.1, 0.15) is 5.60 Å². The minimum Gasteiger partial charge on any atom is -0.459 e. The molecule has 0 bridgehead atoms. The molecule has 3 nitrogen and oxygen atoms in total. The van der Waals surface area contributed by atoms with E-state index in [-0.39, 0.29) is 18.6 Å². The van der Waals surface area contributed by atoms with Crippen LogP contribution in [0.15, 0.2) is 42.5 Å². The van der Waals surface area contributed by atoms with E-state index in [1.165, 1.54) is 16.3 Å². The summed E-state index contributed by atoms with van der Waals surface area (Å²) in [7, 11) is 0. The molecule has 0 aliphatic carbocycles. The summed E-state index contributed by atoms with van der Waals surface area (Å²) in [4.78, 5) is 11.8. The van der Waals surface area contributed by atoms with Crippen molar-refractivity contribution in [1.82, 2.24) is 5.32 Å². The molecule has 0 aromatic heterocycles. The standard InChI is InChI=1S/C18H23NO2/c1-13(19-12-17(20)21-18(2,3)4)15-11-7-9-14-8-5-6-10-16(14)15/h5-11,13,19H,12H2,1-4H3. The molecule has 3 heteroatoms. The second-order valence-electron chi connectivity index (χ2n) is 6.26. The second kappa shape index (κ2) is 6.27. The van der Waals surface area contributed by atoms with Crippen LogP contribution in [0.2, 0.25) is 0 Å². The van der Waals surface area contributed by atoms with Crippen LogP contribution in [-0.2, 0) is 9.53 Å². The Balaban J connectivity index is 2.06. The zero-order chi connectivity index (χ0) is 15.5. The summed E-state index contributed by atoms with van der Waals surface area (Å²) < 4.78 is 5.31. The van der Waals surface area contributed by atoms with Crippen LogP contribution in [0, 0.1) is 0 Å². The van der Waals surface area contributed by atoms with E-state index >= 15 is 0 Å². The zero-order valence-electron chi connectivity index (χ0n) is 13.1. The third-order valence-electron chi connectivity index (χ3n) is 3.26. The van der Waals surface area contributed by atoms with Gasteiger partial charge in [-0.3, -0.25) is 4.79 Å². The first-order valence-electron chi connectivity index (χ1n) is 7.30. The van der Waals surface area contributed by atoms with Crippen molar-refractivity contribution < 1.29 is 9.53 Å². The first kappa shape index (κ1) is 15.5. The van der Waals surface area contributed by atoms with Gasteiger partial charge in [0.05, 0.1) is 6.54 Å². The van der Waals surface area contributed by atoms with E-state index < -0.39 is 5.60 Å². The van der Waals surface area contributed by atoms with E-state index in [0.717, 1.165) is 0 Å². The molecular formula is C18H23NO2. The summed E-state index contributed by atoms with van der Waals surface area (Å²) in [5, 5.41) is 5.66. The van der Waals surface area contributed by atoms with E-state index in [1.807, 2.05) is 39.0 Å². The van der Waals surface area contributed by atoms with Crippen molar-refractivity contribution in [2.75, 3.05) is 6.54 Å². The molecule has 0 amide bonds. The Bertz CT molecular complexity index is 623. The van der Waals surface area contributed by atoms with Crippen LogP contribution >= 0.6 is 0 Å². The number of esters is 1. The van der Waals surface area contributed by atoms with Crippen molar-refractivity contribution in [3.05, 3.63) is 48.0 Å². The van der Waals surface area contributed by atoms with Gasteiger partial charge in [0.25, 0.3) is 0 Å². The summed E-state index contributed by atoms with van der Waals surface area (Å²) in [6.45, 7) is 7.89. The molecule has 0 aliphatic heterocycles. The average molecular weight is 285 g/mol. The minimum atomic E-state index is -0.443.